The predicted octanol–water partition coefficient (Wildman–Crippen LogP) is 3.45. The maximum atomic E-state index is 12.8. The summed E-state index contributed by atoms with van der Waals surface area (Å²) in [7, 11) is -3.44. The Kier molecular flexibility index (Phi) is 5.90. The van der Waals surface area contributed by atoms with Gasteiger partial charge in [-0.05, 0) is 74.7 Å². The van der Waals surface area contributed by atoms with Crippen molar-refractivity contribution in [2.45, 2.75) is 41.5 Å². The molecule has 0 aliphatic carbocycles. The van der Waals surface area contributed by atoms with Crippen LogP contribution in [0.15, 0.2) is 58.3 Å². The molecular weight excluding hydrogens is 368 g/mol. The summed E-state index contributed by atoms with van der Waals surface area (Å²) in [6.45, 7) is 3.16. The quantitative estimate of drug-likeness (QED) is 0.869. The second-order valence-corrected chi connectivity index (χ2v) is 8.83. The van der Waals surface area contributed by atoms with Crippen LogP contribution in [0, 0.1) is 0 Å². The number of nitrogens with one attached hydrogen (secondary N) is 1. The van der Waals surface area contributed by atoms with E-state index in [0.717, 1.165) is 38.0 Å². The number of hydrogen-bond acceptors (Lipinski definition) is 4. The normalized spacial score (nSPS) is 20.2. The van der Waals surface area contributed by atoms with Gasteiger partial charge >= 0.3 is 0 Å². The van der Waals surface area contributed by atoms with Crippen molar-refractivity contribution in [3.63, 3.8) is 0 Å². The lowest BCUT2D eigenvalue weighted by molar-refractivity contribution is 0.549. The molecule has 1 unspecified atom stereocenters. The van der Waals surface area contributed by atoms with Crippen LogP contribution in [0.4, 0.5) is 5.69 Å². The minimum Gasteiger partial charge on any atom is -0.368 e. The van der Waals surface area contributed by atoms with Gasteiger partial charge in [0.15, 0.2) is 0 Å². The highest BCUT2D eigenvalue weighted by Gasteiger charge is 2.28. The maximum absolute atomic E-state index is 12.8. The molecule has 2 aromatic rings. The van der Waals surface area contributed by atoms with Crippen molar-refractivity contribution in [3.8, 4) is 0 Å². The number of nitrogens with zero attached hydrogens (tertiary/aromatic N) is 1. The highest BCUT2D eigenvalue weighted by Crippen LogP contribution is 2.34. The fourth-order valence-electron chi connectivity index (χ4n) is 4.00. The first-order chi connectivity index (χ1) is 12.2. The molecule has 1 N–H and O–H groups in total. The number of rotatable bonds is 3. The van der Waals surface area contributed by atoms with Crippen molar-refractivity contribution in [2.75, 3.05) is 24.5 Å². The van der Waals surface area contributed by atoms with E-state index in [4.69, 9.17) is 0 Å². The highest BCUT2D eigenvalue weighted by molar-refractivity contribution is 7.91. The van der Waals surface area contributed by atoms with E-state index in [1.165, 1.54) is 18.5 Å². The van der Waals surface area contributed by atoms with Gasteiger partial charge in [0.1, 0.15) is 0 Å². The molecule has 1 atom stereocenters. The van der Waals surface area contributed by atoms with Gasteiger partial charge in [0.2, 0.25) is 9.84 Å². The molecule has 0 amide bonds. The van der Waals surface area contributed by atoms with Crippen LogP contribution in [-0.2, 0) is 16.3 Å². The number of sulfone groups is 1. The van der Waals surface area contributed by atoms with Crippen molar-refractivity contribution >= 4 is 27.9 Å². The fraction of sp³-hybridized carbons (Fsp3) is 0.400. The first kappa shape index (κ1) is 19.2. The zero-order valence-corrected chi connectivity index (χ0v) is 16.4. The Morgan fingerprint density at radius 1 is 0.962 bits per heavy atom. The van der Waals surface area contributed by atoms with E-state index in [2.05, 4.69) is 10.2 Å². The van der Waals surface area contributed by atoms with Gasteiger partial charge in [-0.3, -0.25) is 0 Å². The molecule has 2 heterocycles. The molecule has 0 aromatic heterocycles. The highest BCUT2D eigenvalue weighted by atomic mass is 35.5. The first-order valence-corrected chi connectivity index (χ1v) is 10.5. The van der Waals surface area contributed by atoms with E-state index in [-0.39, 0.29) is 12.4 Å². The molecule has 26 heavy (non-hydrogen) atoms. The second-order valence-electron chi connectivity index (χ2n) is 6.89. The Morgan fingerprint density at radius 3 is 2.58 bits per heavy atom. The Morgan fingerprint density at radius 2 is 1.77 bits per heavy atom. The van der Waals surface area contributed by atoms with Gasteiger partial charge in [-0.1, -0.05) is 18.2 Å². The summed E-state index contributed by atoms with van der Waals surface area (Å²) in [5.74, 6) is 0. The van der Waals surface area contributed by atoms with E-state index >= 15 is 0 Å². The van der Waals surface area contributed by atoms with Crippen LogP contribution in [0.25, 0.3) is 0 Å². The summed E-state index contributed by atoms with van der Waals surface area (Å²) < 4.78 is 25.7. The van der Waals surface area contributed by atoms with Crippen LogP contribution in [-0.4, -0.2) is 34.1 Å². The van der Waals surface area contributed by atoms with Crippen LogP contribution >= 0.6 is 12.4 Å². The first-order valence-electron chi connectivity index (χ1n) is 9.07. The van der Waals surface area contributed by atoms with Crippen LogP contribution < -0.4 is 10.2 Å². The molecule has 0 spiro atoms. The summed E-state index contributed by atoms with van der Waals surface area (Å²) in [6.07, 6.45) is 4.49. The molecule has 1 saturated heterocycles. The fourth-order valence-corrected chi connectivity index (χ4v) is 5.33. The molecular formula is C20H25ClN2O2S. The lowest BCUT2D eigenvalue weighted by atomic mass is 10.1. The largest absolute Gasteiger partial charge is 0.368 e. The van der Waals surface area contributed by atoms with Gasteiger partial charge in [0.25, 0.3) is 0 Å². The molecule has 140 valence electrons. The zero-order chi connectivity index (χ0) is 17.3. The van der Waals surface area contributed by atoms with E-state index in [0.29, 0.717) is 15.8 Å². The SMILES string of the molecule is Cl.O=S(=O)(c1ccccc1)c1ccc2c(c1)CCN2C1CCCNCC1. The van der Waals surface area contributed by atoms with Crippen molar-refractivity contribution in [3.05, 3.63) is 54.1 Å². The number of hydrogen-bond donors (Lipinski definition) is 1. The summed E-state index contributed by atoms with van der Waals surface area (Å²) >= 11 is 0. The molecule has 0 saturated carbocycles. The van der Waals surface area contributed by atoms with E-state index in [9.17, 15) is 8.42 Å². The van der Waals surface area contributed by atoms with Crippen molar-refractivity contribution in [1.82, 2.24) is 5.32 Å². The predicted molar refractivity (Wildman–Crippen MR) is 107 cm³/mol. The summed E-state index contributed by atoms with van der Waals surface area (Å²) in [5, 5.41) is 3.47. The molecule has 1 fully saturated rings. The maximum Gasteiger partial charge on any atom is 0.206 e. The summed E-state index contributed by atoms with van der Waals surface area (Å²) in [4.78, 5) is 3.25. The number of anilines is 1. The van der Waals surface area contributed by atoms with Gasteiger partial charge in [-0.15, -0.1) is 12.4 Å². The topological polar surface area (TPSA) is 49.4 Å². The third kappa shape index (κ3) is 3.61. The zero-order valence-electron chi connectivity index (χ0n) is 14.7. The lowest BCUT2D eigenvalue weighted by Gasteiger charge is -2.29. The molecule has 4 nitrogen and oxygen atoms in total. The van der Waals surface area contributed by atoms with Gasteiger partial charge in [0.05, 0.1) is 9.79 Å². The van der Waals surface area contributed by atoms with E-state index in [1.54, 1.807) is 30.3 Å². The van der Waals surface area contributed by atoms with E-state index in [1.807, 2.05) is 18.2 Å². The van der Waals surface area contributed by atoms with Gasteiger partial charge in [-0.2, -0.15) is 0 Å². The molecule has 0 radical (unpaired) electrons. The Labute approximate surface area is 161 Å². The minimum absolute atomic E-state index is 0. The number of fused-ring (bicyclic) bond motifs is 1. The third-order valence-electron chi connectivity index (χ3n) is 5.33. The Bertz CT molecular complexity index is 847. The Hall–Kier alpha value is -1.56. The van der Waals surface area contributed by atoms with Crippen LogP contribution in [0.3, 0.4) is 0 Å². The molecule has 2 aliphatic rings. The van der Waals surface area contributed by atoms with Crippen molar-refractivity contribution in [1.29, 1.82) is 0 Å². The average molecular weight is 393 g/mol. The van der Waals surface area contributed by atoms with Gasteiger partial charge in [0, 0.05) is 18.3 Å². The van der Waals surface area contributed by atoms with Crippen LogP contribution in [0.5, 0.6) is 0 Å². The third-order valence-corrected chi connectivity index (χ3v) is 7.10. The monoisotopic (exact) mass is 392 g/mol. The Balaban J connectivity index is 0.00000196. The van der Waals surface area contributed by atoms with Gasteiger partial charge < -0.3 is 10.2 Å². The summed E-state index contributed by atoms with van der Waals surface area (Å²) in [5.41, 5.74) is 2.38. The summed E-state index contributed by atoms with van der Waals surface area (Å²) in [6, 6.07) is 14.9. The van der Waals surface area contributed by atoms with Crippen LogP contribution in [0.2, 0.25) is 0 Å². The molecule has 4 rings (SSSR count). The molecule has 6 heteroatoms. The molecule has 2 aromatic carbocycles. The number of halogens is 1. The lowest BCUT2D eigenvalue weighted by Crippen LogP contribution is -2.34. The smallest absolute Gasteiger partial charge is 0.206 e. The average Bonchev–Trinajstić information content (AvgIpc) is 2.87. The van der Waals surface area contributed by atoms with Gasteiger partial charge in [-0.25, -0.2) is 8.42 Å². The van der Waals surface area contributed by atoms with Crippen molar-refractivity contribution < 1.29 is 8.42 Å². The molecule has 0 bridgehead atoms. The standard InChI is InChI=1S/C20H24N2O2S.ClH/c23-25(24,18-6-2-1-3-7-18)19-8-9-20-16(15-19)11-14-22(20)17-5-4-12-21-13-10-17;/h1-3,6-9,15,17,21H,4-5,10-14H2;1H. The van der Waals surface area contributed by atoms with Crippen LogP contribution in [0.1, 0.15) is 24.8 Å². The molecule has 2 aliphatic heterocycles. The van der Waals surface area contributed by atoms with E-state index < -0.39 is 9.84 Å². The van der Waals surface area contributed by atoms with Crippen molar-refractivity contribution in [2.24, 2.45) is 0 Å². The minimum atomic E-state index is -3.44. The second kappa shape index (κ2) is 7.99. The number of benzene rings is 2.